The number of rotatable bonds is 7. The van der Waals surface area contributed by atoms with Gasteiger partial charge in [0.2, 0.25) is 0 Å². The van der Waals surface area contributed by atoms with Crippen molar-refractivity contribution in [1.29, 1.82) is 0 Å². The Morgan fingerprint density at radius 3 is 2.43 bits per heavy atom. The maximum atomic E-state index is 14.1. The van der Waals surface area contributed by atoms with Crippen LogP contribution in [0.15, 0.2) is 17.1 Å². The van der Waals surface area contributed by atoms with Crippen LogP contribution in [0.5, 0.6) is 5.75 Å². The van der Waals surface area contributed by atoms with Crippen LogP contribution in [0.1, 0.15) is 37.8 Å². The number of hydrogen-bond acceptors (Lipinski definition) is 4. The number of ether oxygens (including phenoxy) is 2. The van der Waals surface area contributed by atoms with Crippen LogP contribution in [0, 0.1) is 5.92 Å². The second-order valence-electron chi connectivity index (χ2n) is 7.00. The quantitative estimate of drug-likeness (QED) is 0.552. The largest absolute Gasteiger partial charge is 0.496 e. The van der Waals surface area contributed by atoms with Gasteiger partial charge in [-0.15, -0.1) is 0 Å². The summed E-state index contributed by atoms with van der Waals surface area (Å²) in [6, 6.07) is 2.87. The fourth-order valence-electron chi connectivity index (χ4n) is 3.45. The van der Waals surface area contributed by atoms with Gasteiger partial charge >= 0.3 is 6.18 Å². The molecule has 1 saturated heterocycles. The van der Waals surface area contributed by atoms with Crippen molar-refractivity contribution in [3.63, 3.8) is 0 Å². The molecule has 1 fully saturated rings. The Morgan fingerprint density at radius 1 is 1.29 bits per heavy atom. The summed E-state index contributed by atoms with van der Waals surface area (Å²) < 4.78 is 52.9. The number of benzene rings is 1. The summed E-state index contributed by atoms with van der Waals surface area (Å²) in [6.07, 6.45) is -2.49. The molecule has 1 aliphatic rings. The van der Waals surface area contributed by atoms with Crippen LogP contribution in [0.2, 0.25) is 0 Å². The summed E-state index contributed by atoms with van der Waals surface area (Å²) in [5.41, 5.74) is -2.12. The van der Waals surface area contributed by atoms with E-state index >= 15 is 0 Å². The lowest BCUT2D eigenvalue weighted by atomic mass is 9.75. The van der Waals surface area contributed by atoms with Crippen molar-refractivity contribution in [1.82, 2.24) is 4.90 Å². The first-order valence-corrected chi connectivity index (χ1v) is 9.51. The first-order valence-electron chi connectivity index (χ1n) is 9.51. The predicted molar refractivity (Wildman–Crippen MR) is 102 cm³/mol. The Balaban J connectivity index is 2.61. The Labute approximate surface area is 164 Å². The topological polar surface area (TPSA) is 54.3 Å². The molecule has 158 valence electrons. The van der Waals surface area contributed by atoms with E-state index in [1.807, 2.05) is 25.8 Å². The normalized spacial score (nSPS) is 18.3. The number of halogens is 3. The van der Waals surface area contributed by atoms with Gasteiger partial charge in [-0.3, -0.25) is 0 Å². The Morgan fingerprint density at radius 2 is 1.93 bits per heavy atom. The smallest absolute Gasteiger partial charge is 0.421 e. The first kappa shape index (κ1) is 22.5. The molecule has 0 radical (unpaired) electrons. The lowest BCUT2D eigenvalue weighted by molar-refractivity contribution is -0.293. The number of aliphatic imine (C=N–C) groups is 1. The standard InChI is InChI=1S/C20H29F3N2O3/c1-5-14-11-16(18(27-4)12-17(14)24-13-25(3)6-2)19(26,20(21,22)23)15-7-9-28-10-8-15/h11-13,15,26H,5-10H2,1-4H3. The number of methoxy groups -OCH3 is 1. The van der Waals surface area contributed by atoms with E-state index in [1.165, 1.54) is 19.2 Å². The Bertz CT molecular complexity index is 688. The maximum Gasteiger partial charge on any atom is 0.421 e. The molecule has 1 aliphatic heterocycles. The third-order valence-corrected chi connectivity index (χ3v) is 5.33. The Kier molecular flexibility index (Phi) is 7.33. The second-order valence-corrected chi connectivity index (χ2v) is 7.00. The number of aryl methyl sites for hydroxylation is 1. The monoisotopic (exact) mass is 402 g/mol. The molecule has 0 saturated carbocycles. The molecule has 1 atom stereocenters. The van der Waals surface area contributed by atoms with Crippen LogP contribution in [0.25, 0.3) is 0 Å². The van der Waals surface area contributed by atoms with Crippen LogP contribution >= 0.6 is 0 Å². The van der Waals surface area contributed by atoms with Gasteiger partial charge < -0.3 is 19.5 Å². The van der Waals surface area contributed by atoms with Crippen molar-refractivity contribution in [3.05, 3.63) is 23.3 Å². The molecule has 1 unspecified atom stereocenters. The van der Waals surface area contributed by atoms with E-state index in [-0.39, 0.29) is 37.4 Å². The highest BCUT2D eigenvalue weighted by Crippen LogP contribution is 2.51. The minimum atomic E-state index is -4.85. The van der Waals surface area contributed by atoms with Gasteiger partial charge in [0.25, 0.3) is 0 Å². The molecule has 0 aromatic heterocycles. The van der Waals surface area contributed by atoms with Gasteiger partial charge in [0, 0.05) is 44.4 Å². The highest BCUT2D eigenvalue weighted by atomic mass is 19.4. The minimum Gasteiger partial charge on any atom is -0.496 e. The molecule has 0 bridgehead atoms. The highest BCUT2D eigenvalue weighted by molar-refractivity contribution is 5.65. The average molecular weight is 402 g/mol. The lowest BCUT2D eigenvalue weighted by Crippen LogP contribution is -2.50. The molecule has 5 nitrogen and oxygen atoms in total. The molecule has 1 aromatic carbocycles. The summed E-state index contributed by atoms with van der Waals surface area (Å²) in [7, 11) is 3.16. The summed E-state index contributed by atoms with van der Waals surface area (Å²) in [5.74, 6) is -1.02. The van der Waals surface area contributed by atoms with E-state index in [2.05, 4.69) is 4.99 Å². The third-order valence-electron chi connectivity index (χ3n) is 5.33. The molecule has 8 heteroatoms. The summed E-state index contributed by atoms with van der Waals surface area (Å²) in [6.45, 7) is 4.94. The zero-order valence-electron chi connectivity index (χ0n) is 16.8. The van der Waals surface area contributed by atoms with Gasteiger partial charge in [0.1, 0.15) is 5.75 Å². The number of hydrogen-bond donors (Lipinski definition) is 1. The van der Waals surface area contributed by atoms with Gasteiger partial charge in [-0.05, 0) is 37.8 Å². The van der Waals surface area contributed by atoms with Gasteiger partial charge in [-0.1, -0.05) is 6.92 Å². The minimum absolute atomic E-state index is 0.0187. The molecule has 0 aliphatic carbocycles. The van der Waals surface area contributed by atoms with Crippen LogP contribution < -0.4 is 4.74 Å². The third kappa shape index (κ3) is 4.43. The molecular weight excluding hydrogens is 373 g/mol. The molecule has 1 heterocycles. The van der Waals surface area contributed by atoms with Crippen molar-refractivity contribution >= 4 is 12.0 Å². The molecule has 1 aromatic rings. The number of alkyl halides is 3. The van der Waals surface area contributed by atoms with Crippen LogP contribution in [0.4, 0.5) is 18.9 Å². The summed E-state index contributed by atoms with van der Waals surface area (Å²) in [4.78, 5) is 6.25. The van der Waals surface area contributed by atoms with Gasteiger partial charge in [0.05, 0.1) is 19.1 Å². The lowest BCUT2D eigenvalue weighted by Gasteiger charge is -2.40. The van der Waals surface area contributed by atoms with Gasteiger partial charge in [-0.25, -0.2) is 4.99 Å². The van der Waals surface area contributed by atoms with Crippen molar-refractivity contribution in [3.8, 4) is 5.75 Å². The summed E-state index contributed by atoms with van der Waals surface area (Å²) >= 11 is 0. The molecular formula is C20H29F3N2O3. The molecule has 28 heavy (non-hydrogen) atoms. The maximum absolute atomic E-state index is 14.1. The highest BCUT2D eigenvalue weighted by Gasteiger charge is 2.60. The first-order chi connectivity index (χ1) is 13.2. The van der Waals surface area contributed by atoms with Crippen LogP contribution in [0.3, 0.4) is 0 Å². The fraction of sp³-hybridized carbons (Fsp3) is 0.650. The molecule has 1 N–H and O–H groups in total. The number of aliphatic hydroxyl groups is 1. The van der Waals surface area contributed by atoms with Gasteiger partial charge in [-0.2, -0.15) is 13.2 Å². The van der Waals surface area contributed by atoms with E-state index in [0.717, 1.165) is 6.54 Å². The SMILES string of the molecule is CCc1cc(C(O)(C2CCOCC2)C(F)(F)F)c(OC)cc1N=CN(C)CC. The van der Waals surface area contributed by atoms with E-state index in [0.29, 0.717) is 17.7 Å². The molecule has 2 rings (SSSR count). The molecule has 0 spiro atoms. The van der Waals surface area contributed by atoms with E-state index in [9.17, 15) is 18.3 Å². The Hall–Kier alpha value is -1.80. The van der Waals surface area contributed by atoms with Crippen molar-refractivity contribution in [2.24, 2.45) is 10.9 Å². The van der Waals surface area contributed by atoms with Crippen molar-refractivity contribution in [2.75, 3.05) is 33.9 Å². The number of nitrogens with zero attached hydrogens (tertiary/aromatic N) is 2. The van der Waals surface area contributed by atoms with Crippen molar-refractivity contribution in [2.45, 2.75) is 44.9 Å². The van der Waals surface area contributed by atoms with E-state index < -0.39 is 17.7 Å². The molecule has 0 amide bonds. The van der Waals surface area contributed by atoms with E-state index in [1.54, 1.807) is 6.34 Å². The zero-order chi connectivity index (χ0) is 20.9. The summed E-state index contributed by atoms with van der Waals surface area (Å²) in [5, 5.41) is 11.0. The predicted octanol–water partition coefficient (Wildman–Crippen LogP) is 4.05. The van der Waals surface area contributed by atoms with Crippen LogP contribution in [-0.2, 0) is 16.8 Å². The van der Waals surface area contributed by atoms with Gasteiger partial charge in [0.15, 0.2) is 5.60 Å². The van der Waals surface area contributed by atoms with Crippen molar-refractivity contribution < 1.29 is 27.8 Å². The zero-order valence-corrected chi connectivity index (χ0v) is 16.8. The average Bonchev–Trinajstić information content (AvgIpc) is 2.70. The fourth-order valence-corrected chi connectivity index (χ4v) is 3.45. The van der Waals surface area contributed by atoms with Crippen LogP contribution in [-0.4, -0.2) is 56.4 Å². The second kappa shape index (κ2) is 9.13. The van der Waals surface area contributed by atoms with E-state index in [4.69, 9.17) is 9.47 Å².